The zero-order valence-corrected chi connectivity index (χ0v) is 14.3. The number of nitrogens with one attached hydrogen (secondary N) is 1. The van der Waals surface area contributed by atoms with Gasteiger partial charge in [0.05, 0.1) is 27.7 Å². The van der Waals surface area contributed by atoms with Crippen molar-refractivity contribution in [1.29, 1.82) is 0 Å². The van der Waals surface area contributed by atoms with Crippen LogP contribution in [0.3, 0.4) is 0 Å². The molecule has 1 N–H and O–H groups in total. The van der Waals surface area contributed by atoms with Crippen molar-refractivity contribution >= 4 is 17.2 Å². The molecule has 0 aliphatic carbocycles. The molecule has 6 nitrogen and oxygen atoms in total. The fourth-order valence-corrected chi connectivity index (χ4v) is 3.03. The number of amides is 1. The zero-order valence-electron chi connectivity index (χ0n) is 13.5. The molecule has 0 spiro atoms. The van der Waals surface area contributed by atoms with Gasteiger partial charge in [-0.15, -0.1) is 11.3 Å². The highest BCUT2D eigenvalue weighted by Crippen LogP contribution is 2.19. The lowest BCUT2D eigenvalue weighted by Gasteiger charge is -2.06. The Morgan fingerprint density at radius 2 is 2.04 bits per heavy atom. The van der Waals surface area contributed by atoms with Crippen molar-refractivity contribution in [1.82, 2.24) is 25.3 Å². The van der Waals surface area contributed by atoms with Crippen molar-refractivity contribution in [3.05, 3.63) is 58.1 Å². The van der Waals surface area contributed by atoms with E-state index in [4.69, 9.17) is 0 Å². The second-order valence-electron chi connectivity index (χ2n) is 5.26. The highest BCUT2D eigenvalue weighted by atomic mass is 32.1. The van der Waals surface area contributed by atoms with Gasteiger partial charge in [-0.2, -0.15) is 0 Å². The predicted octanol–water partition coefficient (Wildman–Crippen LogP) is 2.58. The molecule has 1 amide bonds. The second kappa shape index (κ2) is 7.27. The van der Waals surface area contributed by atoms with Crippen LogP contribution in [0, 0.1) is 13.8 Å². The van der Waals surface area contributed by atoms with E-state index in [1.54, 1.807) is 30.7 Å². The van der Waals surface area contributed by atoms with E-state index in [9.17, 15) is 4.79 Å². The maximum atomic E-state index is 12.2. The molecule has 0 bridgehead atoms. The molecule has 24 heavy (non-hydrogen) atoms. The number of nitrogens with zero attached hydrogens (tertiary/aromatic N) is 4. The van der Waals surface area contributed by atoms with E-state index in [0.717, 1.165) is 16.4 Å². The van der Waals surface area contributed by atoms with Gasteiger partial charge in [0.1, 0.15) is 5.82 Å². The third-order valence-corrected chi connectivity index (χ3v) is 4.36. The summed E-state index contributed by atoms with van der Waals surface area (Å²) in [6.07, 6.45) is 3.99. The van der Waals surface area contributed by atoms with Crippen LogP contribution in [0.4, 0.5) is 0 Å². The highest BCUT2D eigenvalue weighted by Gasteiger charge is 2.11. The number of carbonyl (C=O) groups is 1. The SMILES string of the molecule is Cc1ncc(C(=O)NCCc2nc(-c3ccccn3)cs2)c(C)n1. The van der Waals surface area contributed by atoms with Gasteiger partial charge in [-0.3, -0.25) is 9.78 Å². The number of rotatable bonds is 5. The first-order valence-electron chi connectivity index (χ1n) is 7.58. The van der Waals surface area contributed by atoms with E-state index in [0.29, 0.717) is 30.0 Å². The number of aromatic nitrogens is 4. The summed E-state index contributed by atoms with van der Waals surface area (Å²) in [5.74, 6) is 0.503. The van der Waals surface area contributed by atoms with Crippen LogP contribution in [-0.2, 0) is 6.42 Å². The largest absolute Gasteiger partial charge is 0.352 e. The summed E-state index contributed by atoms with van der Waals surface area (Å²) in [6.45, 7) is 4.13. The molecule has 7 heteroatoms. The summed E-state index contributed by atoms with van der Waals surface area (Å²) in [6, 6.07) is 5.75. The van der Waals surface area contributed by atoms with Crippen LogP contribution in [-0.4, -0.2) is 32.4 Å². The number of hydrogen-bond donors (Lipinski definition) is 1. The standard InChI is InChI=1S/C17H17N5OS/c1-11-13(9-20-12(2)21-11)17(23)19-8-6-16-22-15(10-24-16)14-5-3-4-7-18-14/h3-5,7,9-10H,6,8H2,1-2H3,(H,19,23). The molecule has 0 radical (unpaired) electrons. The summed E-state index contributed by atoms with van der Waals surface area (Å²) in [5, 5.41) is 5.84. The van der Waals surface area contributed by atoms with Gasteiger partial charge in [0.15, 0.2) is 0 Å². The number of aryl methyl sites for hydroxylation is 2. The van der Waals surface area contributed by atoms with E-state index < -0.39 is 0 Å². The highest BCUT2D eigenvalue weighted by molar-refractivity contribution is 7.09. The Labute approximate surface area is 144 Å². The number of thiazole rings is 1. The average Bonchev–Trinajstić information content (AvgIpc) is 3.04. The Morgan fingerprint density at radius 3 is 2.79 bits per heavy atom. The molecule has 0 unspecified atom stereocenters. The first-order valence-corrected chi connectivity index (χ1v) is 8.45. The second-order valence-corrected chi connectivity index (χ2v) is 6.21. The minimum Gasteiger partial charge on any atom is -0.352 e. The molecule has 3 rings (SSSR count). The molecular weight excluding hydrogens is 322 g/mol. The molecule has 0 saturated heterocycles. The monoisotopic (exact) mass is 339 g/mol. The average molecular weight is 339 g/mol. The van der Waals surface area contributed by atoms with Crippen LogP contribution in [0.15, 0.2) is 36.0 Å². The van der Waals surface area contributed by atoms with Crippen LogP contribution in [0.25, 0.3) is 11.4 Å². The topological polar surface area (TPSA) is 80.7 Å². The van der Waals surface area contributed by atoms with Gasteiger partial charge < -0.3 is 5.32 Å². The van der Waals surface area contributed by atoms with Gasteiger partial charge in [-0.1, -0.05) is 6.07 Å². The van der Waals surface area contributed by atoms with Crippen molar-refractivity contribution in [2.45, 2.75) is 20.3 Å². The maximum absolute atomic E-state index is 12.2. The zero-order chi connectivity index (χ0) is 16.9. The van der Waals surface area contributed by atoms with Crippen molar-refractivity contribution in [3.63, 3.8) is 0 Å². The molecular formula is C17H17N5OS. The molecule has 0 aromatic carbocycles. The number of carbonyl (C=O) groups excluding carboxylic acids is 1. The Morgan fingerprint density at radius 1 is 1.17 bits per heavy atom. The maximum Gasteiger partial charge on any atom is 0.254 e. The quantitative estimate of drug-likeness (QED) is 0.773. The predicted molar refractivity (Wildman–Crippen MR) is 92.9 cm³/mol. The lowest BCUT2D eigenvalue weighted by atomic mass is 10.2. The molecule has 3 aromatic heterocycles. The van der Waals surface area contributed by atoms with Crippen LogP contribution in [0.2, 0.25) is 0 Å². The minimum atomic E-state index is -0.158. The first-order chi connectivity index (χ1) is 11.6. The summed E-state index contributed by atoms with van der Waals surface area (Å²) >= 11 is 1.57. The normalized spacial score (nSPS) is 10.6. The molecule has 0 aliphatic rings. The Kier molecular flexibility index (Phi) is 4.90. The fraction of sp³-hybridized carbons (Fsp3) is 0.235. The lowest BCUT2D eigenvalue weighted by Crippen LogP contribution is -2.27. The van der Waals surface area contributed by atoms with E-state index in [1.165, 1.54) is 0 Å². The van der Waals surface area contributed by atoms with Crippen molar-refractivity contribution in [2.75, 3.05) is 6.54 Å². The number of hydrogen-bond acceptors (Lipinski definition) is 6. The van der Waals surface area contributed by atoms with E-state index in [1.807, 2.05) is 30.5 Å². The van der Waals surface area contributed by atoms with Crippen LogP contribution in [0.1, 0.15) is 26.9 Å². The molecule has 0 aliphatic heterocycles. The minimum absolute atomic E-state index is 0.158. The number of pyridine rings is 1. The van der Waals surface area contributed by atoms with E-state index in [-0.39, 0.29) is 5.91 Å². The Bertz CT molecular complexity index is 847. The van der Waals surface area contributed by atoms with Crippen LogP contribution < -0.4 is 5.32 Å². The van der Waals surface area contributed by atoms with E-state index >= 15 is 0 Å². The van der Waals surface area contributed by atoms with Gasteiger partial charge in [-0.05, 0) is 26.0 Å². The third-order valence-electron chi connectivity index (χ3n) is 3.45. The van der Waals surface area contributed by atoms with Crippen molar-refractivity contribution in [3.8, 4) is 11.4 Å². The van der Waals surface area contributed by atoms with Gasteiger partial charge in [-0.25, -0.2) is 15.0 Å². The smallest absolute Gasteiger partial charge is 0.254 e. The molecule has 3 aromatic rings. The first kappa shape index (κ1) is 16.2. The van der Waals surface area contributed by atoms with Gasteiger partial charge in [0, 0.05) is 30.7 Å². The third kappa shape index (κ3) is 3.80. The molecule has 122 valence electrons. The van der Waals surface area contributed by atoms with Crippen molar-refractivity contribution in [2.24, 2.45) is 0 Å². The summed E-state index contributed by atoms with van der Waals surface area (Å²) in [7, 11) is 0. The van der Waals surface area contributed by atoms with Gasteiger partial charge >= 0.3 is 0 Å². The molecule has 3 heterocycles. The summed E-state index contributed by atoms with van der Waals surface area (Å²) in [4.78, 5) is 29.3. The van der Waals surface area contributed by atoms with E-state index in [2.05, 4.69) is 25.3 Å². The van der Waals surface area contributed by atoms with Crippen molar-refractivity contribution < 1.29 is 4.79 Å². The summed E-state index contributed by atoms with van der Waals surface area (Å²) < 4.78 is 0. The Hall–Kier alpha value is -2.67. The van der Waals surface area contributed by atoms with Gasteiger partial charge in [0.25, 0.3) is 5.91 Å². The fourth-order valence-electron chi connectivity index (χ4n) is 2.24. The molecule has 0 atom stereocenters. The van der Waals surface area contributed by atoms with Crippen LogP contribution >= 0.6 is 11.3 Å². The molecule has 0 saturated carbocycles. The molecule has 0 fully saturated rings. The lowest BCUT2D eigenvalue weighted by molar-refractivity contribution is 0.0952. The summed E-state index contributed by atoms with van der Waals surface area (Å²) in [5.41, 5.74) is 2.92. The van der Waals surface area contributed by atoms with Crippen LogP contribution in [0.5, 0.6) is 0 Å². The Balaban J connectivity index is 1.57. The van der Waals surface area contributed by atoms with Gasteiger partial charge in [0.2, 0.25) is 0 Å².